The Kier molecular flexibility index (Phi) is 4.11. The number of hydrogen-bond donors (Lipinski definition) is 1. The Hall–Kier alpha value is -2.52. The van der Waals surface area contributed by atoms with Crippen molar-refractivity contribution in [2.75, 3.05) is 61.9 Å². The quantitative estimate of drug-likeness (QED) is 0.798. The molecule has 30 heavy (non-hydrogen) atoms. The van der Waals surface area contributed by atoms with Crippen LogP contribution in [0.2, 0.25) is 0 Å². The number of piperidine rings is 1. The van der Waals surface area contributed by atoms with Gasteiger partial charge in [-0.15, -0.1) is 0 Å². The topological polar surface area (TPSA) is 96.5 Å². The lowest BCUT2D eigenvalue weighted by atomic mass is 9.72. The number of nitrogens with two attached hydrogens (primary N) is 1. The van der Waals surface area contributed by atoms with Gasteiger partial charge in [0.05, 0.1) is 24.4 Å². The van der Waals surface area contributed by atoms with Crippen LogP contribution in [-0.4, -0.2) is 83.4 Å². The number of aromatic nitrogens is 4. The lowest BCUT2D eigenvalue weighted by Gasteiger charge is -2.52. The zero-order valence-electron chi connectivity index (χ0n) is 17.4. The first-order valence-corrected chi connectivity index (χ1v) is 10.9. The van der Waals surface area contributed by atoms with Crippen LogP contribution in [-0.2, 0) is 4.74 Å². The van der Waals surface area contributed by atoms with Crippen LogP contribution >= 0.6 is 0 Å². The van der Waals surface area contributed by atoms with E-state index in [1.165, 1.54) is 25.9 Å². The number of rotatable bonds is 3. The lowest BCUT2D eigenvalue weighted by Crippen LogP contribution is -2.58. The van der Waals surface area contributed by atoms with E-state index in [2.05, 4.69) is 37.8 Å². The lowest BCUT2D eigenvalue weighted by molar-refractivity contribution is 0.00111. The second-order valence-corrected chi connectivity index (χ2v) is 9.40. The standard InChI is InChI=1S/C21H28N8O/c1-27-12-21(13-27)2-4-28(5-3-21)20-25-17(14-8-23-19(22)24-9-14)7-18(26-20)29-10-16-6-15(29)11-30-16/h7-9,15-16H,2-6,10-13H2,1H3,(H2,22,23,24)/t15-,16-/m0/s1. The second-order valence-electron chi connectivity index (χ2n) is 9.40. The highest BCUT2D eigenvalue weighted by molar-refractivity contribution is 5.64. The SMILES string of the molecule is CN1CC2(CCN(c3nc(-c4cnc(N)nc4)cc(N4C[C@@H]5C[C@H]4CO5)n3)CC2)C1. The number of nitrogens with zero attached hydrogens (tertiary/aromatic N) is 7. The van der Waals surface area contributed by atoms with Crippen molar-refractivity contribution >= 4 is 17.7 Å². The maximum absolute atomic E-state index is 5.80. The first-order valence-electron chi connectivity index (χ1n) is 10.9. The Bertz CT molecular complexity index is 935. The van der Waals surface area contributed by atoms with E-state index >= 15 is 0 Å². The Morgan fingerprint density at radius 1 is 1.13 bits per heavy atom. The number of likely N-dealkylation sites (tertiary alicyclic amines) is 1. The average Bonchev–Trinajstić information content (AvgIpc) is 3.37. The van der Waals surface area contributed by atoms with Crippen LogP contribution in [0, 0.1) is 5.41 Å². The third-order valence-electron chi connectivity index (χ3n) is 7.18. The van der Waals surface area contributed by atoms with Gasteiger partial charge in [-0.25, -0.2) is 15.0 Å². The molecule has 6 heterocycles. The van der Waals surface area contributed by atoms with Crippen molar-refractivity contribution in [3.8, 4) is 11.3 Å². The number of morpholine rings is 1. The van der Waals surface area contributed by atoms with Gasteiger partial charge in [-0.3, -0.25) is 0 Å². The fraction of sp³-hybridized carbons (Fsp3) is 0.619. The van der Waals surface area contributed by atoms with Crippen LogP contribution in [0.1, 0.15) is 19.3 Å². The average molecular weight is 409 g/mol. The smallest absolute Gasteiger partial charge is 0.227 e. The second kappa shape index (κ2) is 6.75. The summed E-state index contributed by atoms with van der Waals surface area (Å²) in [5.41, 5.74) is 7.90. The van der Waals surface area contributed by atoms with Crippen LogP contribution < -0.4 is 15.5 Å². The minimum atomic E-state index is 0.272. The van der Waals surface area contributed by atoms with Gasteiger partial charge < -0.3 is 25.2 Å². The maximum Gasteiger partial charge on any atom is 0.227 e. The Morgan fingerprint density at radius 2 is 1.90 bits per heavy atom. The number of ether oxygens (including phenoxy) is 1. The van der Waals surface area contributed by atoms with Gasteiger partial charge in [0.25, 0.3) is 0 Å². The van der Waals surface area contributed by atoms with E-state index in [1.807, 2.05) is 0 Å². The van der Waals surface area contributed by atoms with Crippen LogP contribution in [0.4, 0.5) is 17.7 Å². The molecule has 2 aromatic rings. The molecule has 4 fully saturated rings. The highest BCUT2D eigenvalue weighted by atomic mass is 16.5. The molecule has 9 nitrogen and oxygen atoms in total. The number of fused-ring (bicyclic) bond motifs is 2. The molecular weight excluding hydrogens is 380 g/mol. The van der Waals surface area contributed by atoms with Gasteiger partial charge in [0.1, 0.15) is 5.82 Å². The predicted octanol–water partition coefficient (Wildman–Crippen LogP) is 1.03. The molecule has 6 rings (SSSR count). The number of anilines is 3. The van der Waals surface area contributed by atoms with Crippen molar-refractivity contribution in [1.82, 2.24) is 24.8 Å². The Labute approximate surface area is 176 Å². The molecule has 0 aliphatic carbocycles. The summed E-state index contributed by atoms with van der Waals surface area (Å²) >= 11 is 0. The highest BCUT2D eigenvalue weighted by Crippen LogP contribution is 2.41. The van der Waals surface area contributed by atoms with E-state index in [0.29, 0.717) is 17.6 Å². The van der Waals surface area contributed by atoms with E-state index < -0.39 is 0 Å². The van der Waals surface area contributed by atoms with Crippen molar-refractivity contribution in [3.05, 3.63) is 18.5 Å². The van der Waals surface area contributed by atoms with Crippen LogP contribution in [0.25, 0.3) is 11.3 Å². The molecule has 2 bridgehead atoms. The van der Waals surface area contributed by atoms with Crippen molar-refractivity contribution in [2.45, 2.75) is 31.4 Å². The summed E-state index contributed by atoms with van der Waals surface area (Å²) in [6.45, 7) is 6.12. The van der Waals surface area contributed by atoms with Gasteiger partial charge >= 0.3 is 0 Å². The molecule has 2 atom stereocenters. The van der Waals surface area contributed by atoms with E-state index in [0.717, 1.165) is 55.7 Å². The highest BCUT2D eigenvalue weighted by Gasteiger charge is 2.44. The van der Waals surface area contributed by atoms with Crippen LogP contribution in [0.15, 0.2) is 18.5 Å². The molecule has 2 aromatic heterocycles. The van der Waals surface area contributed by atoms with Crippen LogP contribution in [0.5, 0.6) is 0 Å². The zero-order chi connectivity index (χ0) is 20.3. The third kappa shape index (κ3) is 3.07. The normalized spacial score (nSPS) is 27.6. The third-order valence-corrected chi connectivity index (χ3v) is 7.18. The van der Waals surface area contributed by atoms with E-state index in [4.69, 9.17) is 20.4 Å². The molecule has 0 radical (unpaired) electrons. The van der Waals surface area contributed by atoms with E-state index in [1.54, 1.807) is 12.4 Å². The summed E-state index contributed by atoms with van der Waals surface area (Å²) in [5.74, 6) is 2.06. The van der Waals surface area contributed by atoms with Crippen molar-refractivity contribution in [1.29, 1.82) is 0 Å². The van der Waals surface area contributed by atoms with E-state index in [-0.39, 0.29) is 5.95 Å². The summed E-state index contributed by atoms with van der Waals surface area (Å²) in [6.07, 6.45) is 7.29. The minimum absolute atomic E-state index is 0.272. The maximum atomic E-state index is 5.80. The monoisotopic (exact) mass is 408 g/mol. The molecule has 0 amide bonds. The van der Waals surface area contributed by atoms with Gasteiger partial charge in [-0.05, 0) is 31.7 Å². The first-order chi connectivity index (χ1) is 14.6. The predicted molar refractivity (Wildman–Crippen MR) is 114 cm³/mol. The first kappa shape index (κ1) is 18.3. The molecule has 0 aromatic carbocycles. The zero-order valence-corrected chi connectivity index (χ0v) is 17.4. The van der Waals surface area contributed by atoms with Crippen LogP contribution in [0.3, 0.4) is 0 Å². The van der Waals surface area contributed by atoms with Gasteiger partial charge in [0, 0.05) is 56.7 Å². The number of hydrogen-bond acceptors (Lipinski definition) is 9. The van der Waals surface area contributed by atoms with Gasteiger partial charge in [0.15, 0.2) is 0 Å². The molecule has 4 saturated heterocycles. The van der Waals surface area contributed by atoms with Gasteiger partial charge in [-0.2, -0.15) is 4.98 Å². The molecule has 158 valence electrons. The molecule has 2 N–H and O–H groups in total. The fourth-order valence-corrected chi connectivity index (χ4v) is 5.61. The summed E-state index contributed by atoms with van der Waals surface area (Å²) < 4.78 is 5.80. The summed E-state index contributed by atoms with van der Waals surface area (Å²) in [7, 11) is 2.21. The molecule has 0 unspecified atom stereocenters. The molecule has 4 aliphatic rings. The van der Waals surface area contributed by atoms with E-state index in [9.17, 15) is 0 Å². The minimum Gasteiger partial charge on any atom is -0.374 e. The van der Waals surface area contributed by atoms with Crippen molar-refractivity contribution < 1.29 is 4.74 Å². The molecule has 9 heteroatoms. The Morgan fingerprint density at radius 3 is 2.53 bits per heavy atom. The molecule has 1 spiro atoms. The molecular formula is C21H28N8O. The van der Waals surface area contributed by atoms with Crippen molar-refractivity contribution in [3.63, 3.8) is 0 Å². The number of nitrogen functional groups attached to an aromatic ring is 1. The fourth-order valence-electron chi connectivity index (χ4n) is 5.61. The summed E-state index contributed by atoms with van der Waals surface area (Å²) in [5, 5.41) is 0. The Balaban J connectivity index is 1.32. The summed E-state index contributed by atoms with van der Waals surface area (Å²) in [4.78, 5) is 25.4. The van der Waals surface area contributed by atoms with Gasteiger partial charge in [-0.1, -0.05) is 0 Å². The summed E-state index contributed by atoms with van der Waals surface area (Å²) in [6, 6.07) is 2.47. The van der Waals surface area contributed by atoms with Crippen molar-refractivity contribution in [2.24, 2.45) is 5.41 Å². The van der Waals surface area contributed by atoms with Gasteiger partial charge in [0.2, 0.25) is 11.9 Å². The molecule has 0 saturated carbocycles. The molecule has 4 aliphatic heterocycles. The largest absolute Gasteiger partial charge is 0.374 e.